The third-order valence-electron chi connectivity index (χ3n) is 3.80. The van der Waals surface area contributed by atoms with E-state index < -0.39 is 12.5 Å². The topological polar surface area (TPSA) is 105 Å². The molecule has 0 radical (unpaired) electrons. The molecule has 0 heterocycles. The van der Waals surface area contributed by atoms with Gasteiger partial charge in [-0.1, -0.05) is 30.3 Å². The summed E-state index contributed by atoms with van der Waals surface area (Å²) in [5.41, 5.74) is 3.23. The van der Waals surface area contributed by atoms with Crippen LogP contribution in [0.4, 0.5) is 5.69 Å². The first-order valence-corrected chi connectivity index (χ1v) is 8.41. The molecule has 0 atom stereocenters. The van der Waals surface area contributed by atoms with E-state index in [4.69, 9.17) is 9.84 Å². The van der Waals surface area contributed by atoms with Gasteiger partial charge in [0.1, 0.15) is 12.3 Å². The average molecular weight is 370 g/mol. The first kappa shape index (κ1) is 20.0. The number of hydrogen-bond acceptors (Lipinski definition) is 4. The Morgan fingerprint density at radius 2 is 1.59 bits per heavy atom. The largest absolute Gasteiger partial charge is 0.483 e. The maximum absolute atomic E-state index is 12.1. The lowest BCUT2D eigenvalue weighted by Gasteiger charge is -2.12. The average Bonchev–Trinajstić information content (AvgIpc) is 2.61. The predicted octanol–water partition coefficient (Wildman–Crippen LogP) is 2.06. The van der Waals surface area contributed by atoms with E-state index in [0.29, 0.717) is 17.0 Å². The fourth-order valence-electron chi connectivity index (χ4n) is 2.49. The van der Waals surface area contributed by atoms with Crippen molar-refractivity contribution in [3.63, 3.8) is 0 Å². The van der Waals surface area contributed by atoms with Gasteiger partial charge >= 0.3 is 5.97 Å². The Balaban J connectivity index is 1.84. The summed E-state index contributed by atoms with van der Waals surface area (Å²) in [6, 6.07) is 12.5. The molecule has 0 aromatic heterocycles. The number of ether oxygens (including phenoxy) is 1. The molecule has 7 nitrogen and oxygen atoms in total. The van der Waals surface area contributed by atoms with Crippen molar-refractivity contribution in [1.82, 2.24) is 5.32 Å². The second-order valence-corrected chi connectivity index (χ2v) is 6.10. The molecule has 2 aromatic carbocycles. The van der Waals surface area contributed by atoms with Crippen LogP contribution in [0.3, 0.4) is 0 Å². The quantitative estimate of drug-likeness (QED) is 0.660. The highest BCUT2D eigenvalue weighted by molar-refractivity contribution is 5.92. The number of amides is 2. The first-order valence-electron chi connectivity index (χ1n) is 8.41. The second kappa shape index (κ2) is 9.38. The summed E-state index contributed by atoms with van der Waals surface area (Å²) >= 11 is 0. The summed E-state index contributed by atoms with van der Waals surface area (Å²) in [5.74, 6) is -1.05. The monoisotopic (exact) mass is 370 g/mol. The Hall–Kier alpha value is -3.35. The van der Waals surface area contributed by atoms with Crippen molar-refractivity contribution in [2.45, 2.75) is 20.3 Å². The zero-order chi connectivity index (χ0) is 19.8. The number of carbonyl (C=O) groups excluding carboxylic acids is 2. The van der Waals surface area contributed by atoms with Gasteiger partial charge in [-0.05, 0) is 42.7 Å². The molecule has 0 aliphatic heterocycles. The van der Waals surface area contributed by atoms with Crippen LogP contribution >= 0.6 is 0 Å². The molecule has 2 amide bonds. The van der Waals surface area contributed by atoms with Crippen molar-refractivity contribution in [2.24, 2.45) is 0 Å². The number of rotatable bonds is 8. The first-order chi connectivity index (χ1) is 12.8. The minimum Gasteiger partial charge on any atom is -0.483 e. The van der Waals surface area contributed by atoms with Crippen LogP contribution in [0.15, 0.2) is 42.5 Å². The standard InChI is InChI=1S/C20H22N2O5/c1-13-4-3-5-14(2)20(13)27-12-18(24)22-16-8-6-15(7-9-16)10-17(23)21-11-19(25)26/h3-9H,10-12H2,1-2H3,(H,21,23)(H,22,24)(H,25,26). The highest BCUT2D eigenvalue weighted by Gasteiger charge is 2.09. The van der Waals surface area contributed by atoms with Crippen LogP contribution in [0.25, 0.3) is 0 Å². The second-order valence-electron chi connectivity index (χ2n) is 6.10. The number of hydrogen-bond donors (Lipinski definition) is 3. The van der Waals surface area contributed by atoms with E-state index in [2.05, 4.69) is 10.6 Å². The summed E-state index contributed by atoms with van der Waals surface area (Å²) in [6.07, 6.45) is 0.0666. The molecule has 2 aromatic rings. The van der Waals surface area contributed by atoms with Gasteiger partial charge in [0.2, 0.25) is 5.91 Å². The van der Waals surface area contributed by atoms with Crippen molar-refractivity contribution < 1.29 is 24.2 Å². The van der Waals surface area contributed by atoms with E-state index in [-0.39, 0.29) is 24.8 Å². The zero-order valence-electron chi connectivity index (χ0n) is 15.2. The molecular formula is C20H22N2O5. The van der Waals surface area contributed by atoms with Gasteiger partial charge in [0, 0.05) is 5.69 Å². The summed E-state index contributed by atoms with van der Waals surface area (Å²) in [4.78, 5) is 34.1. The van der Waals surface area contributed by atoms with Crippen LogP contribution in [0.5, 0.6) is 5.75 Å². The molecule has 0 aliphatic carbocycles. The van der Waals surface area contributed by atoms with Gasteiger partial charge in [0.05, 0.1) is 6.42 Å². The van der Waals surface area contributed by atoms with E-state index in [1.165, 1.54) is 0 Å². The Bertz CT molecular complexity index is 811. The molecule has 0 aliphatic rings. The van der Waals surface area contributed by atoms with E-state index >= 15 is 0 Å². The summed E-state index contributed by atoms with van der Waals surface area (Å²) < 4.78 is 5.61. The van der Waals surface area contributed by atoms with Crippen LogP contribution < -0.4 is 15.4 Å². The normalized spacial score (nSPS) is 10.1. The van der Waals surface area contributed by atoms with Crippen LogP contribution in [0, 0.1) is 13.8 Å². The van der Waals surface area contributed by atoms with Gasteiger partial charge in [-0.25, -0.2) is 0 Å². The minimum absolute atomic E-state index is 0.0666. The summed E-state index contributed by atoms with van der Waals surface area (Å²) in [5, 5.41) is 13.6. The summed E-state index contributed by atoms with van der Waals surface area (Å²) in [6.45, 7) is 3.33. The zero-order valence-corrected chi connectivity index (χ0v) is 15.2. The maximum atomic E-state index is 12.1. The number of carboxylic acid groups (broad SMARTS) is 1. The van der Waals surface area contributed by atoms with E-state index in [1.54, 1.807) is 24.3 Å². The molecule has 0 fully saturated rings. The Morgan fingerprint density at radius 1 is 0.963 bits per heavy atom. The Morgan fingerprint density at radius 3 is 2.19 bits per heavy atom. The van der Waals surface area contributed by atoms with Gasteiger partial charge in [-0.15, -0.1) is 0 Å². The molecule has 3 N–H and O–H groups in total. The van der Waals surface area contributed by atoms with Crippen molar-refractivity contribution in [2.75, 3.05) is 18.5 Å². The van der Waals surface area contributed by atoms with Crippen LogP contribution in [0.1, 0.15) is 16.7 Å². The summed E-state index contributed by atoms with van der Waals surface area (Å²) in [7, 11) is 0. The van der Waals surface area contributed by atoms with Gasteiger partial charge < -0.3 is 20.5 Å². The predicted molar refractivity (Wildman–Crippen MR) is 101 cm³/mol. The molecule has 7 heteroatoms. The molecule has 27 heavy (non-hydrogen) atoms. The fraction of sp³-hybridized carbons (Fsp3) is 0.250. The molecule has 0 saturated carbocycles. The van der Waals surface area contributed by atoms with Crippen LogP contribution in [-0.4, -0.2) is 36.0 Å². The van der Waals surface area contributed by atoms with Crippen molar-refractivity contribution in [3.05, 3.63) is 59.2 Å². The number of aryl methyl sites for hydroxylation is 2. The third-order valence-corrected chi connectivity index (χ3v) is 3.80. The number of carboxylic acids is 1. The van der Waals surface area contributed by atoms with E-state index in [0.717, 1.165) is 11.1 Å². The number of nitrogens with one attached hydrogen (secondary N) is 2. The highest BCUT2D eigenvalue weighted by atomic mass is 16.5. The third kappa shape index (κ3) is 6.47. The molecule has 142 valence electrons. The number of aliphatic carboxylic acids is 1. The smallest absolute Gasteiger partial charge is 0.322 e. The van der Waals surface area contributed by atoms with Gasteiger partial charge in [-0.2, -0.15) is 0 Å². The number of para-hydroxylation sites is 1. The van der Waals surface area contributed by atoms with Gasteiger partial charge in [0.15, 0.2) is 6.61 Å². The van der Waals surface area contributed by atoms with E-state index in [9.17, 15) is 14.4 Å². The van der Waals surface area contributed by atoms with Crippen LogP contribution in [0.2, 0.25) is 0 Å². The van der Waals surface area contributed by atoms with Crippen molar-refractivity contribution in [1.29, 1.82) is 0 Å². The van der Waals surface area contributed by atoms with Gasteiger partial charge in [-0.3, -0.25) is 14.4 Å². The molecule has 0 unspecified atom stereocenters. The van der Waals surface area contributed by atoms with E-state index in [1.807, 2.05) is 32.0 Å². The Kier molecular flexibility index (Phi) is 6.93. The van der Waals surface area contributed by atoms with Crippen molar-refractivity contribution >= 4 is 23.5 Å². The fourth-order valence-corrected chi connectivity index (χ4v) is 2.49. The SMILES string of the molecule is Cc1cccc(C)c1OCC(=O)Nc1ccc(CC(=O)NCC(=O)O)cc1. The number of benzene rings is 2. The lowest BCUT2D eigenvalue weighted by molar-refractivity contribution is -0.137. The molecule has 0 spiro atoms. The number of anilines is 1. The minimum atomic E-state index is -1.09. The number of carbonyl (C=O) groups is 3. The lowest BCUT2D eigenvalue weighted by Crippen LogP contribution is -2.30. The van der Waals surface area contributed by atoms with Gasteiger partial charge in [0.25, 0.3) is 5.91 Å². The molecule has 0 saturated heterocycles. The molecular weight excluding hydrogens is 348 g/mol. The van der Waals surface area contributed by atoms with Crippen molar-refractivity contribution in [3.8, 4) is 5.75 Å². The lowest BCUT2D eigenvalue weighted by atomic mass is 10.1. The maximum Gasteiger partial charge on any atom is 0.322 e. The molecule has 0 bridgehead atoms. The molecule has 2 rings (SSSR count). The Labute approximate surface area is 157 Å². The highest BCUT2D eigenvalue weighted by Crippen LogP contribution is 2.22. The van der Waals surface area contributed by atoms with Crippen LogP contribution in [-0.2, 0) is 20.8 Å².